The zero-order chi connectivity index (χ0) is 12.3. The molecule has 0 aromatic rings. The lowest BCUT2D eigenvalue weighted by Gasteiger charge is -2.25. The van der Waals surface area contributed by atoms with Crippen LogP contribution in [0.1, 0.15) is 45.4 Å². The number of rotatable bonds is 4. The van der Waals surface area contributed by atoms with Gasteiger partial charge in [0.25, 0.3) is 0 Å². The summed E-state index contributed by atoms with van der Waals surface area (Å²) in [6.07, 6.45) is 7.06. The molecule has 1 saturated heterocycles. The molecule has 0 aromatic carbocycles. The summed E-state index contributed by atoms with van der Waals surface area (Å²) in [6, 6.07) is 0.173. The van der Waals surface area contributed by atoms with Crippen molar-refractivity contribution in [3.05, 3.63) is 0 Å². The van der Waals surface area contributed by atoms with Gasteiger partial charge in [0.15, 0.2) is 0 Å². The lowest BCUT2D eigenvalue weighted by Crippen LogP contribution is -2.50. The topological polar surface area (TPSA) is 47.6 Å². The van der Waals surface area contributed by atoms with Gasteiger partial charge in [-0.05, 0) is 32.6 Å². The van der Waals surface area contributed by atoms with E-state index >= 15 is 0 Å². The molecular weight excluding hydrogens is 218 g/mol. The number of carbonyl (C=O) groups excluding carboxylic acids is 1. The highest BCUT2D eigenvalue weighted by Crippen LogP contribution is 2.25. The number of methoxy groups -OCH3 is 1. The van der Waals surface area contributed by atoms with Gasteiger partial charge in [-0.1, -0.05) is 12.8 Å². The molecule has 0 spiro atoms. The standard InChI is InChI=1S/C13H23NO3/c1-9-7-8-11(17-9)12(13(15)16-2)14-10-5-3-4-6-10/h9-12,14H,3-8H2,1-2H3. The number of nitrogens with one attached hydrogen (secondary N) is 1. The largest absolute Gasteiger partial charge is 0.468 e. The first-order chi connectivity index (χ1) is 8.20. The summed E-state index contributed by atoms with van der Waals surface area (Å²) in [4.78, 5) is 11.8. The van der Waals surface area contributed by atoms with Gasteiger partial charge in [-0.25, -0.2) is 0 Å². The van der Waals surface area contributed by atoms with Gasteiger partial charge >= 0.3 is 5.97 Å². The Morgan fingerprint density at radius 1 is 1.29 bits per heavy atom. The summed E-state index contributed by atoms with van der Waals surface area (Å²) in [5, 5.41) is 3.43. The minimum absolute atomic E-state index is 0.0157. The monoisotopic (exact) mass is 241 g/mol. The van der Waals surface area contributed by atoms with Crippen molar-refractivity contribution in [2.45, 2.75) is 69.7 Å². The highest BCUT2D eigenvalue weighted by Gasteiger charge is 2.36. The maximum atomic E-state index is 11.8. The fraction of sp³-hybridized carbons (Fsp3) is 0.923. The van der Waals surface area contributed by atoms with E-state index in [1.165, 1.54) is 20.0 Å². The van der Waals surface area contributed by atoms with E-state index in [0.717, 1.165) is 25.7 Å². The van der Waals surface area contributed by atoms with Crippen molar-refractivity contribution in [1.82, 2.24) is 5.32 Å². The molecule has 17 heavy (non-hydrogen) atoms. The lowest BCUT2D eigenvalue weighted by molar-refractivity contribution is -0.147. The van der Waals surface area contributed by atoms with Gasteiger partial charge in [-0.2, -0.15) is 0 Å². The summed E-state index contributed by atoms with van der Waals surface area (Å²) in [6.45, 7) is 2.06. The molecule has 1 aliphatic heterocycles. The van der Waals surface area contributed by atoms with Crippen LogP contribution in [0.3, 0.4) is 0 Å². The molecule has 1 aliphatic carbocycles. The third kappa shape index (κ3) is 3.19. The quantitative estimate of drug-likeness (QED) is 0.760. The molecule has 3 unspecified atom stereocenters. The summed E-state index contributed by atoms with van der Waals surface area (Å²) < 4.78 is 10.7. The van der Waals surface area contributed by atoms with E-state index in [0.29, 0.717) is 6.04 Å². The molecule has 4 nitrogen and oxygen atoms in total. The second kappa shape index (κ2) is 5.83. The molecular formula is C13H23NO3. The first-order valence-corrected chi connectivity index (χ1v) is 6.70. The third-order valence-electron chi connectivity index (χ3n) is 3.86. The maximum absolute atomic E-state index is 11.8. The zero-order valence-electron chi connectivity index (χ0n) is 10.8. The van der Waals surface area contributed by atoms with Gasteiger partial charge in [-0.15, -0.1) is 0 Å². The molecule has 98 valence electrons. The molecule has 4 heteroatoms. The summed E-state index contributed by atoms with van der Waals surface area (Å²) >= 11 is 0. The van der Waals surface area contributed by atoms with Gasteiger partial charge in [0, 0.05) is 6.04 Å². The molecule has 2 aliphatic rings. The van der Waals surface area contributed by atoms with E-state index in [1.807, 2.05) is 0 Å². The van der Waals surface area contributed by atoms with Crippen LogP contribution < -0.4 is 5.32 Å². The van der Waals surface area contributed by atoms with E-state index in [-0.39, 0.29) is 24.2 Å². The van der Waals surface area contributed by atoms with Crippen LogP contribution in [0.2, 0.25) is 0 Å². The van der Waals surface area contributed by atoms with Crippen molar-refractivity contribution in [1.29, 1.82) is 0 Å². The SMILES string of the molecule is COC(=O)C(NC1CCCC1)C1CCC(C)O1. The van der Waals surface area contributed by atoms with Crippen LogP contribution in [0.25, 0.3) is 0 Å². The van der Waals surface area contributed by atoms with Crippen molar-refractivity contribution in [3.63, 3.8) is 0 Å². The first kappa shape index (κ1) is 12.8. The number of hydrogen-bond acceptors (Lipinski definition) is 4. The van der Waals surface area contributed by atoms with Crippen LogP contribution in [-0.2, 0) is 14.3 Å². The van der Waals surface area contributed by atoms with E-state index < -0.39 is 0 Å². The molecule has 0 bridgehead atoms. The number of hydrogen-bond donors (Lipinski definition) is 1. The normalized spacial score (nSPS) is 31.6. The van der Waals surface area contributed by atoms with Crippen molar-refractivity contribution in [2.75, 3.05) is 7.11 Å². The van der Waals surface area contributed by atoms with Crippen LogP contribution in [0.5, 0.6) is 0 Å². The second-order valence-corrected chi connectivity index (χ2v) is 5.21. The van der Waals surface area contributed by atoms with E-state index in [4.69, 9.17) is 9.47 Å². The van der Waals surface area contributed by atoms with E-state index in [9.17, 15) is 4.79 Å². The zero-order valence-corrected chi connectivity index (χ0v) is 10.8. The van der Waals surface area contributed by atoms with Crippen molar-refractivity contribution in [3.8, 4) is 0 Å². The smallest absolute Gasteiger partial charge is 0.325 e. The molecule has 2 rings (SSSR count). The Hall–Kier alpha value is -0.610. The Balaban J connectivity index is 1.94. The van der Waals surface area contributed by atoms with E-state index in [1.54, 1.807) is 0 Å². The molecule has 1 N–H and O–H groups in total. The Bertz CT molecular complexity index is 263. The number of esters is 1. The van der Waals surface area contributed by atoms with Crippen LogP contribution in [-0.4, -0.2) is 37.4 Å². The molecule has 2 fully saturated rings. The predicted octanol–water partition coefficient (Wildman–Crippen LogP) is 1.63. The Morgan fingerprint density at radius 3 is 2.53 bits per heavy atom. The maximum Gasteiger partial charge on any atom is 0.325 e. The predicted molar refractivity (Wildman–Crippen MR) is 64.8 cm³/mol. The van der Waals surface area contributed by atoms with Gasteiger partial charge < -0.3 is 9.47 Å². The van der Waals surface area contributed by atoms with Gasteiger partial charge in [0.1, 0.15) is 6.04 Å². The lowest BCUT2D eigenvalue weighted by atomic mass is 10.1. The van der Waals surface area contributed by atoms with Crippen molar-refractivity contribution < 1.29 is 14.3 Å². The molecule has 1 heterocycles. The highest BCUT2D eigenvalue weighted by molar-refractivity contribution is 5.76. The summed E-state index contributed by atoms with van der Waals surface area (Å²) in [5.74, 6) is -0.184. The molecule has 3 atom stereocenters. The fourth-order valence-electron chi connectivity index (χ4n) is 2.88. The number of ether oxygens (including phenoxy) is 2. The summed E-state index contributed by atoms with van der Waals surface area (Å²) in [7, 11) is 1.45. The molecule has 0 radical (unpaired) electrons. The highest BCUT2D eigenvalue weighted by atomic mass is 16.5. The minimum atomic E-state index is -0.284. The van der Waals surface area contributed by atoms with Crippen molar-refractivity contribution >= 4 is 5.97 Å². The van der Waals surface area contributed by atoms with Crippen LogP contribution in [0.15, 0.2) is 0 Å². The second-order valence-electron chi connectivity index (χ2n) is 5.21. The molecule has 1 saturated carbocycles. The fourth-order valence-corrected chi connectivity index (χ4v) is 2.88. The molecule has 0 aromatic heterocycles. The van der Waals surface area contributed by atoms with Crippen LogP contribution >= 0.6 is 0 Å². The minimum Gasteiger partial charge on any atom is -0.468 e. The van der Waals surface area contributed by atoms with Gasteiger partial charge in [0.2, 0.25) is 0 Å². The molecule has 0 amide bonds. The van der Waals surface area contributed by atoms with E-state index in [2.05, 4.69) is 12.2 Å². The van der Waals surface area contributed by atoms with Crippen molar-refractivity contribution in [2.24, 2.45) is 0 Å². The average molecular weight is 241 g/mol. The first-order valence-electron chi connectivity index (χ1n) is 6.70. The van der Waals surface area contributed by atoms with Gasteiger partial charge in [0.05, 0.1) is 19.3 Å². The van der Waals surface area contributed by atoms with Crippen LogP contribution in [0, 0.1) is 0 Å². The number of carbonyl (C=O) groups is 1. The van der Waals surface area contributed by atoms with Gasteiger partial charge in [-0.3, -0.25) is 10.1 Å². The Labute approximate surface area is 103 Å². The van der Waals surface area contributed by atoms with Crippen LogP contribution in [0.4, 0.5) is 0 Å². The summed E-state index contributed by atoms with van der Waals surface area (Å²) in [5.41, 5.74) is 0. The third-order valence-corrected chi connectivity index (χ3v) is 3.86. The average Bonchev–Trinajstić information content (AvgIpc) is 2.96. The Kier molecular flexibility index (Phi) is 4.40. The Morgan fingerprint density at radius 2 is 2.00 bits per heavy atom.